The van der Waals surface area contributed by atoms with E-state index in [4.69, 9.17) is 5.11 Å². The molecule has 0 heterocycles. The standard InChI is InChI=1S/C14H25NO3S/c1-10(2)13(14(17)18)19-9-12(16)15-11-7-5-3-4-6-8-11/h10-11,13H,3-9H2,1-2H3,(H,15,16)(H,17,18). The van der Waals surface area contributed by atoms with E-state index in [2.05, 4.69) is 5.32 Å². The summed E-state index contributed by atoms with van der Waals surface area (Å²) < 4.78 is 0. The van der Waals surface area contributed by atoms with Crippen molar-refractivity contribution in [3.8, 4) is 0 Å². The quantitative estimate of drug-likeness (QED) is 0.737. The summed E-state index contributed by atoms with van der Waals surface area (Å²) in [5.74, 6) is -0.578. The van der Waals surface area contributed by atoms with Crippen molar-refractivity contribution >= 4 is 23.6 Å². The Morgan fingerprint density at radius 1 is 1.21 bits per heavy atom. The van der Waals surface area contributed by atoms with Crippen molar-refractivity contribution in [2.75, 3.05) is 5.75 Å². The molecule has 2 N–H and O–H groups in total. The van der Waals surface area contributed by atoms with Crippen LogP contribution in [-0.2, 0) is 9.59 Å². The van der Waals surface area contributed by atoms with Gasteiger partial charge in [0.05, 0.1) is 5.75 Å². The van der Waals surface area contributed by atoms with Crippen LogP contribution in [0.15, 0.2) is 0 Å². The predicted octanol–water partition coefficient (Wildman–Crippen LogP) is 2.67. The zero-order chi connectivity index (χ0) is 14.3. The molecule has 4 nitrogen and oxygen atoms in total. The van der Waals surface area contributed by atoms with E-state index in [0.29, 0.717) is 0 Å². The van der Waals surface area contributed by atoms with Crippen molar-refractivity contribution in [1.29, 1.82) is 0 Å². The van der Waals surface area contributed by atoms with Gasteiger partial charge < -0.3 is 10.4 Å². The molecule has 0 radical (unpaired) electrons. The number of carbonyl (C=O) groups is 2. The SMILES string of the molecule is CC(C)C(SCC(=O)NC1CCCCCC1)C(=O)O. The van der Waals surface area contributed by atoms with Crippen LogP contribution in [0.4, 0.5) is 0 Å². The van der Waals surface area contributed by atoms with E-state index >= 15 is 0 Å². The maximum atomic E-state index is 11.8. The van der Waals surface area contributed by atoms with Crippen LogP contribution in [0.5, 0.6) is 0 Å². The zero-order valence-corrected chi connectivity index (χ0v) is 12.7. The van der Waals surface area contributed by atoms with E-state index in [1.165, 1.54) is 37.4 Å². The minimum atomic E-state index is -0.831. The maximum Gasteiger partial charge on any atom is 0.316 e. The lowest BCUT2D eigenvalue weighted by Gasteiger charge is -2.18. The monoisotopic (exact) mass is 287 g/mol. The lowest BCUT2D eigenvalue weighted by molar-refractivity contribution is -0.137. The second kappa shape index (κ2) is 8.46. The van der Waals surface area contributed by atoms with Gasteiger partial charge in [0.1, 0.15) is 5.25 Å². The molecule has 0 aliphatic heterocycles. The van der Waals surface area contributed by atoms with Gasteiger partial charge in [-0.15, -0.1) is 11.8 Å². The van der Waals surface area contributed by atoms with E-state index in [0.717, 1.165) is 12.8 Å². The summed E-state index contributed by atoms with van der Waals surface area (Å²) in [5.41, 5.74) is 0. The molecule has 0 aromatic rings. The van der Waals surface area contributed by atoms with Crippen LogP contribution in [0.1, 0.15) is 52.4 Å². The molecule has 1 saturated carbocycles. The van der Waals surface area contributed by atoms with Gasteiger partial charge in [0, 0.05) is 6.04 Å². The molecule has 1 atom stereocenters. The topological polar surface area (TPSA) is 66.4 Å². The average molecular weight is 287 g/mol. The highest BCUT2D eigenvalue weighted by Gasteiger charge is 2.23. The summed E-state index contributed by atoms with van der Waals surface area (Å²) in [6.45, 7) is 3.74. The van der Waals surface area contributed by atoms with Gasteiger partial charge in [-0.05, 0) is 18.8 Å². The van der Waals surface area contributed by atoms with Crippen LogP contribution >= 0.6 is 11.8 Å². The molecule has 0 bridgehead atoms. The molecular formula is C14H25NO3S. The third-order valence-electron chi connectivity index (χ3n) is 3.46. The van der Waals surface area contributed by atoms with Crippen LogP contribution < -0.4 is 5.32 Å². The van der Waals surface area contributed by atoms with Gasteiger partial charge in [0.15, 0.2) is 0 Å². The molecule has 1 rings (SSSR count). The van der Waals surface area contributed by atoms with Gasteiger partial charge in [0.2, 0.25) is 5.91 Å². The highest BCUT2D eigenvalue weighted by Crippen LogP contribution is 2.20. The lowest BCUT2D eigenvalue weighted by atomic mass is 10.1. The van der Waals surface area contributed by atoms with Crippen LogP contribution in [-0.4, -0.2) is 34.0 Å². The van der Waals surface area contributed by atoms with Gasteiger partial charge in [0.25, 0.3) is 0 Å². The van der Waals surface area contributed by atoms with Gasteiger partial charge in [-0.2, -0.15) is 0 Å². The first-order valence-electron chi connectivity index (χ1n) is 7.14. The molecule has 1 fully saturated rings. The smallest absolute Gasteiger partial charge is 0.316 e. The van der Waals surface area contributed by atoms with E-state index < -0.39 is 11.2 Å². The van der Waals surface area contributed by atoms with Crippen LogP contribution in [0.25, 0.3) is 0 Å². The number of thioether (sulfide) groups is 1. The minimum absolute atomic E-state index is 0.0243. The molecule has 0 aromatic carbocycles. The lowest BCUT2D eigenvalue weighted by Crippen LogP contribution is -2.36. The Morgan fingerprint density at radius 2 is 1.79 bits per heavy atom. The van der Waals surface area contributed by atoms with Crippen LogP contribution in [0.2, 0.25) is 0 Å². The summed E-state index contributed by atoms with van der Waals surface area (Å²) in [4.78, 5) is 22.9. The highest BCUT2D eigenvalue weighted by atomic mass is 32.2. The first-order chi connectivity index (χ1) is 9.00. The number of carboxylic acid groups (broad SMARTS) is 1. The van der Waals surface area contributed by atoms with Crippen molar-refractivity contribution in [3.05, 3.63) is 0 Å². The number of hydrogen-bond acceptors (Lipinski definition) is 3. The van der Waals surface area contributed by atoms with E-state index in [1.54, 1.807) is 0 Å². The Bertz CT molecular complexity index is 299. The molecule has 1 amide bonds. The normalized spacial score (nSPS) is 18.9. The summed E-state index contributed by atoms with van der Waals surface area (Å²) >= 11 is 1.23. The Labute approximate surface area is 119 Å². The number of nitrogens with one attached hydrogen (secondary N) is 1. The minimum Gasteiger partial charge on any atom is -0.480 e. The third kappa shape index (κ3) is 6.32. The van der Waals surface area contributed by atoms with Crippen LogP contribution in [0.3, 0.4) is 0 Å². The highest BCUT2D eigenvalue weighted by molar-refractivity contribution is 8.01. The number of carbonyl (C=O) groups excluding carboxylic acids is 1. The molecular weight excluding hydrogens is 262 g/mol. The molecule has 0 aromatic heterocycles. The van der Waals surface area contributed by atoms with Crippen LogP contribution in [0, 0.1) is 5.92 Å². The van der Waals surface area contributed by atoms with Gasteiger partial charge >= 0.3 is 5.97 Å². The predicted molar refractivity (Wildman–Crippen MR) is 78.4 cm³/mol. The molecule has 5 heteroatoms. The number of hydrogen-bond donors (Lipinski definition) is 2. The third-order valence-corrected chi connectivity index (χ3v) is 5.00. The second-order valence-electron chi connectivity index (χ2n) is 5.57. The summed E-state index contributed by atoms with van der Waals surface area (Å²) in [6.07, 6.45) is 7.00. The first kappa shape index (κ1) is 16.3. The Balaban J connectivity index is 2.31. The molecule has 19 heavy (non-hydrogen) atoms. The number of carboxylic acids is 1. The van der Waals surface area contributed by atoms with E-state index in [1.807, 2.05) is 13.8 Å². The largest absolute Gasteiger partial charge is 0.480 e. The summed E-state index contributed by atoms with van der Waals surface area (Å²) in [7, 11) is 0. The molecule has 1 aliphatic rings. The molecule has 1 unspecified atom stereocenters. The Kier molecular flexibility index (Phi) is 7.28. The number of amides is 1. The van der Waals surface area contributed by atoms with Crippen molar-refractivity contribution in [3.63, 3.8) is 0 Å². The van der Waals surface area contributed by atoms with Crippen molar-refractivity contribution in [1.82, 2.24) is 5.32 Å². The number of aliphatic carboxylic acids is 1. The molecule has 0 saturated heterocycles. The first-order valence-corrected chi connectivity index (χ1v) is 8.19. The van der Waals surface area contributed by atoms with E-state index in [-0.39, 0.29) is 23.6 Å². The molecule has 110 valence electrons. The fourth-order valence-corrected chi connectivity index (χ4v) is 3.35. The van der Waals surface area contributed by atoms with Crippen molar-refractivity contribution < 1.29 is 14.7 Å². The van der Waals surface area contributed by atoms with Gasteiger partial charge in [-0.25, -0.2) is 0 Å². The number of rotatable bonds is 6. The fraction of sp³-hybridized carbons (Fsp3) is 0.857. The van der Waals surface area contributed by atoms with Crippen molar-refractivity contribution in [2.45, 2.75) is 63.7 Å². The molecule has 0 spiro atoms. The summed E-state index contributed by atoms with van der Waals surface area (Å²) in [6, 6.07) is 0.290. The Morgan fingerprint density at radius 3 is 2.26 bits per heavy atom. The van der Waals surface area contributed by atoms with Gasteiger partial charge in [-0.3, -0.25) is 9.59 Å². The maximum absolute atomic E-state index is 11.8. The summed E-state index contributed by atoms with van der Waals surface area (Å²) in [5, 5.41) is 11.6. The Hall–Kier alpha value is -0.710. The van der Waals surface area contributed by atoms with E-state index in [9.17, 15) is 9.59 Å². The fourth-order valence-electron chi connectivity index (χ4n) is 2.41. The van der Waals surface area contributed by atoms with Gasteiger partial charge in [-0.1, -0.05) is 39.5 Å². The average Bonchev–Trinajstić information content (AvgIpc) is 2.56. The second-order valence-corrected chi connectivity index (χ2v) is 6.70. The molecule has 1 aliphatic carbocycles. The zero-order valence-electron chi connectivity index (χ0n) is 11.9. The van der Waals surface area contributed by atoms with Crippen molar-refractivity contribution in [2.24, 2.45) is 5.92 Å².